The van der Waals surface area contributed by atoms with Crippen molar-refractivity contribution in [3.8, 4) is 0 Å². The number of hydrogen-bond donors (Lipinski definition) is 2. The molecule has 5 atom stereocenters. The lowest BCUT2D eigenvalue weighted by atomic mass is 9.99. The number of methoxy groups -OCH3 is 1. The minimum atomic E-state index is -1.25. The van der Waals surface area contributed by atoms with E-state index < -0.39 is 36.7 Å². The van der Waals surface area contributed by atoms with Gasteiger partial charge in [0.25, 0.3) is 0 Å². The molecule has 1 saturated heterocycles. The van der Waals surface area contributed by atoms with E-state index in [2.05, 4.69) is 0 Å². The van der Waals surface area contributed by atoms with Crippen LogP contribution >= 0.6 is 0 Å². The normalized spacial score (nSPS) is 30.9. The molecule has 1 fully saturated rings. The molecule has 0 spiro atoms. The molecule has 1 aliphatic heterocycles. The van der Waals surface area contributed by atoms with E-state index >= 15 is 0 Å². The van der Waals surface area contributed by atoms with Crippen LogP contribution < -0.4 is 0 Å². The number of esters is 1. The van der Waals surface area contributed by atoms with Gasteiger partial charge in [-0.3, -0.25) is 4.79 Å². The third-order valence-electron chi connectivity index (χ3n) is 3.61. The van der Waals surface area contributed by atoms with Gasteiger partial charge in [-0.2, -0.15) is 0 Å². The SMILES string of the molecule is CO[C@H]1O[C@H](COC(C)=O)[C@@H](O)[C@H](O)[C@H]1OCc1ccccc1. The van der Waals surface area contributed by atoms with E-state index in [9.17, 15) is 15.0 Å². The third-order valence-corrected chi connectivity index (χ3v) is 3.61. The first-order chi connectivity index (χ1) is 11.0. The first-order valence-corrected chi connectivity index (χ1v) is 7.36. The summed E-state index contributed by atoms with van der Waals surface area (Å²) < 4.78 is 21.2. The monoisotopic (exact) mass is 326 g/mol. The molecular weight excluding hydrogens is 304 g/mol. The van der Waals surface area contributed by atoms with Crippen molar-refractivity contribution in [2.75, 3.05) is 13.7 Å². The number of carbonyl (C=O) groups excluding carboxylic acids is 1. The van der Waals surface area contributed by atoms with Gasteiger partial charge in [0.1, 0.15) is 31.0 Å². The molecule has 0 amide bonds. The van der Waals surface area contributed by atoms with E-state index in [-0.39, 0.29) is 13.2 Å². The lowest BCUT2D eigenvalue weighted by molar-refractivity contribution is -0.306. The number of benzene rings is 1. The maximum atomic E-state index is 10.9. The van der Waals surface area contributed by atoms with E-state index in [0.29, 0.717) is 0 Å². The Labute approximate surface area is 134 Å². The van der Waals surface area contributed by atoms with Crippen LogP contribution in [0.25, 0.3) is 0 Å². The highest BCUT2D eigenvalue weighted by Crippen LogP contribution is 2.25. The molecule has 1 aromatic carbocycles. The standard InChI is InChI=1S/C16H22O7/c1-10(17)21-9-12-13(18)14(19)15(16(20-2)23-12)22-8-11-6-4-3-5-7-11/h3-7,12-16,18-19H,8-9H2,1-2H3/t12-,13-,14+,15-,16+/m1/s1. The topological polar surface area (TPSA) is 94.5 Å². The van der Waals surface area contributed by atoms with E-state index in [1.54, 1.807) is 0 Å². The van der Waals surface area contributed by atoms with Crippen molar-refractivity contribution in [2.45, 2.75) is 44.2 Å². The Morgan fingerprint density at radius 3 is 2.52 bits per heavy atom. The van der Waals surface area contributed by atoms with Crippen LogP contribution in [0.2, 0.25) is 0 Å². The van der Waals surface area contributed by atoms with Crippen LogP contribution in [0, 0.1) is 0 Å². The number of ether oxygens (including phenoxy) is 4. The summed E-state index contributed by atoms with van der Waals surface area (Å²) in [7, 11) is 1.41. The van der Waals surface area contributed by atoms with Gasteiger partial charge in [0, 0.05) is 14.0 Å². The fourth-order valence-corrected chi connectivity index (χ4v) is 2.38. The van der Waals surface area contributed by atoms with Crippen LogP contribution in [0.15, 0.2) is 30.3 Å². The quantitative estimate of drug-likeness (QED) is 0.723. The minimum Gasteiger partial charge on any atom is -0.463 e. The highest BCUT2D eigenvalue weighted by atomic mass is 16.7. The molecule has 7 heteroatoms. The van der Waals surface area contributed by atoms with Gasteiger partial charge in [-0.25, -0.2) is 0 Å². The van der Waals surface area contributed by atoms with Gasteiger partial charge in [-0.1, -0.05) is 30.3 Å². The van der Waals surface area contributed by atoms with E-state index in [1.807, 2.05) is 30.3 Å². The Morgan fingerprint density at radius 2 is 1.91 bits per heavy atom. The van der Waals surface area contributed by atoms with Crippen molar-refractivity contribution >= 4 is 5.97 Å². The van der Waals surface area contributed by atoms with Gasteiger partial charge < -0.3 is 29.2 Å². The van der Waals surface area contributed by atoms with Gasteiger partial charge in [-0.05, 0) is 5.56 Å². The molecule has 128 valence electrons. The lowest BCUT2D eigenvalue weighted by Gasteiger charge is -2.41. The van der Waals surface area contributed by atoms with Gasteiger partial charge in [0.2, 0.25) is 0 Å². The number of carbonyl (C=O) groups is 1. The van der Waals surface area contributed by atoms with Crippen LogP contribution in [-0.2, 0) is 30.3 Å². The summed E-state index contributed by atoms with van der Waals surface area (Å²) in [5, 5.41) is 20.4. The fourth-order valence-electron chi connectivity index (χ4n) is 2.38. The van der Waals surface area contributed by atoms with Crippen LogP contribution in [-0.4, -0.2) is 60.6 Å². The Balaban J connectivity index is 1.98. The molecule has 0 radical (unpaired) electrons. The minimum absolute atomic E-state index is 0.168. The van der Waals surface area contributed by atoms with Crippen LogP contribution in [0.5, 0.6) is 0 Å². The molecule has 1 heterocycles. The largest absolute Gasteiger partial charge is 0.463 e. The van der Waals surface area contributed by atoms with Crippen molar-refractivity contribution in [1.29, 1.82) is 0 Å². The predicted octanol–water partition coefficient (Wildman–Crippen LogP) is 0.228. The number of hydrogen-bond acceptors (Lipinski definition) is 7. The van der Waals surface area contributed by atoms with Crippen molar-refractivity contribution in [3.05, 3.63) is 35.9 Å². The van der Waals surface area contributed by atoms with Crippen molar-refractivity contribution < 1.29 is 34.0 Å². The molecule has 1 aliphatic rings. The Morgan fingerprint density at radius 1 is 1.22 bits per heavy atom. The molecule has 2 rings (SSSR count). The van der Waals surface area contributed by atoms with E-state index in [0.717, 1.165) is 5.56 Å². The second-order valence-electron chi connectivity index (χ2n) is 5.32. The predicted molar refractivity (Wildman–Crippen MR) is 79.3 cm³/mol. The summed E-state index contributed by atoms with van der Waals surface area (Å²) in [4.78, 5) is 10.9. The third kappa shape index (κ3) is 4.73. The fraction of sp³-hybridized carbons (Fsp3) is 0.562. The van der Waals surface area contributed by atoms with Gasteiger partial charge in [0.05, 0.1) is 6.61 Å². The second-order valence-corrected chi connectivity index (χ2v) is 5.32. The number of rotatable bonds is 6. The Hall–Kier alpha value is -1.51. The highest BCUT2D eigenvalue weighted by molar-refractivity contribution is 5.65. The average Bonchev–Trinajstić information content (AvgIpc) is 2.55. The molecule has 7 nitrogen and oxygen atoms in total. The molecule has 0 bridgehead atoms. The van der Waals surface area contributed by atoms with Crippen molar-refractivity contribution in [2.24, 2.45) is 0 Å². The molecule has 23 heavy (non-hydrogen) atoms. The smallest absolute Gasteiger partial charge is 0.302 e. The maximum absolute atomic E-state index is 10.9. The molecule has 0 saturated carbocycles. The first-order valence-electron chi connectivity index (χ1n) is 7.36. The van der Waals surface area contributed by atoms with Crippen molar-refractivity contribution in [3.63, 3.8) is 0 Å². The summed E-state index contributed by atoms with van der Waals surface area (Å²) in [5.41, 5.74) is 0.922. The zero-order valence-electron chi connectivity index (χ0n) is 13.1. The van der Waals surface area contributed by atoms with Gasteiger partial charge >= 0.3 is 5.97 Å². The Kier molecular flexibility index (Phi) is 6.49. The Bertz CT molecular complexity index is 490. The van der Waals surface area contributed by atoms with Gasteiger partial charge in [0.15, 0.2) is 6.29 Å². The van der Waals surface area contributed by atoms with Crippen LogP contribution in [0.4, 0.5) is 0 Å². The molecular formula is C16H22O7. The average molecular weight is 326 g/mol. The summed E-state index contributed by atoms with van der Waals surface area (Å²) >= 11 is 0. The highest BCUT2D eigenvalue weighted by Gasteiger charge is 2.45. The molecule has 2 N–H and O–H groups in total. The molecule has 1 aromatic rings. The summed E-state index contributed by atoms with van der Waals surface area (Å²) in [6.45, 7) is 1.33. The maximum Gasteiger partial charge on any atom is 0.302 e. The van der Waals surface area contributed by atoms with Crippen LogP contribution in [0.3, 0.4) is 0 Å². The lowest BCUT2D eigenvalue weighted by Crippen LogP contribution is -2.60. The molecule has 0 unspecified atom stereocenters. The number of aliphatic hydroxyl groups is 2. The zero-order valence-corrected chi connectivity index (χ0v) is 13.1. The zero-order chi connectivity index (χ0) is 16.8. The summed E-state index contributed by atoms with van der Waals surface area (Å²) in [6, 6.07) is 9.42. The van der Waals surface area contributed by atoms with E-state index in [1.165, 1.54) is 14.0 Å². The summed E-state index contributed by atoms with van der Waals surface area (Å²) in [5.74, 6) is -0.494. The first kappa shape index (κ1) is 17.8. The summed E-state index contributed by atoms with van der Waals surface area (Å²) in [6.07, 6.45) is -5.09. The number of aliphatic hydroxyl groups excluding tert-OH is 2. The van der Waals surface area contributed by atoms with Crippen LogP contribution in [0.1, 0.15) is 12.5 Å². The molecule has 0 aromatic heterocycles. The van der Waals surface area contributed by atoms with E-state index in [4.69, 9.17) is 18.9 Å². The second kappa shape index (κ2) is 8.37. The van der Waals surface area contributed by atoms with Gasteiger partial charge in [-0.15, -0.1) is 0 Å². The van der Waals surface area contributed by atoms with Crippen molar-refractivity contribution in [1.82, 2.24) is 0 Å². The molecule has 0 aliphatic carbocycles.